The van der Waals surface area contributed by atoms with Gasteiger partial charge in [0, 0.05) is 0 Å². The fourth-order valence-electron chi connectivity index (χ4n) is 2.19. The monoisotopic (exact) mass is 481 g/mol. The summed E-state index contributed by atoms with van der Waals surface area (Å²) in [4.78, 5) is 0. The van der Waals surface area contributed by atoms with Crippen molar-refractivity contribution in [3.8, 4) is 0 Å². The quantitative estimate of drug-likeness (QED) is 0.408. The first kappa shape index (κ1) is 53.7. The van der Waals surface area contributed by atoms with Gasteiger partial charge in [-0.2, -0.15) is 0 Å². The van der Waals surface area contributed by atoms with Crippen molar-refractivity contribution in [2.24, 2.45) is 0 Å². The molecule has 2 rings (SSSR count). The summed E-state index contributed by atoms with van der Waals surface area (Å²) in [5.74, 6) is 0. The molecule has 2 aromatic rings. The van der Waals surface area contributed by atoms with Gasteiger partial charge < -0.3 is 0 Å². The maximum atomic E-state index is 2.28. The highest BCUT2D eigenvalue weighted by Crippen LogP contribution is 2.26. The number of hydrogen-bond donors (Lipinski definition) is 0. The normalized spacial score (nSPS) is 8.18. The van der Waals surface area contributed by atoms with E-state index in [1.54, 1.807) is 0 Å². The topological polar surface area (TPSA) is 0 Å². The predicted molar refractivity (Wildman–Crippen MR) is 172 cm³/mol. The largest absolute Gasteiger partial charge is 0.0776 e. The lowest BCUT2D eigenvalue weighted by Crippen LogP contribution is -2.14. The molecule has 0 unspecified atom stereocenters. The molecule has 0 heterocycles. The first-order chi connectivity index (χ1) is 14.3. The molecule has 0 radical (unpaired) electrons. The van der Waals surface area contributed by atoms with Crippen LogP contribution in [0.3, 0.4) is 0 Å². The molecule has 0 aliphatic carbocycles. The van der Waals surface area contributed by atoms with E-state index < -0.39 is 0 Å². The first-order valence-electron chi connectivity index (χ1n) is 12.4. The fourth-order valence-corrected chi connectivity index (χ4v) is 2.19. The number of hydrogen-bond acceptors (Lipinski definition) is 0. The Morgan fingerprint density at radius 2 is 0.588 bits per heavy atom. The fraction of sp³-hybridized carbons (Fsp3) is 0.647. The summed E-state index contributed by atoms with van der Waals surface area (Å²) >= 11 is 0. The van der Waals surface area contributed by atoms with E-state index in [0.717, 1.165) is 0 Å². The third kappa shape index (κ3) is 25.1. The van der Waals surface area contributed by atoms with Crippen LogP contribution in [-0.4, -0.2) is 0 Å². The smallest absolute Gasteiger partial charge is 0.0106 e. The molecule has 0 aromatic heterocycles. The third-order valence-electron chi connectivity index (χ3n) is 4.88. The van der Waals surface area contributed by atoms with Gasteiger partial charge in [0.2, 0.25) is 0 Å². The molecule has 0 atom stereocenters. The third-order valence-corrected chi connectivity index (χ3v) is 4.88. The Labute approximate surface area is 222 Å². The summed E-state index contributed by atoms with van der Waals surface area (Å²) in [7, 11) is 0. The molecule has 0 heteroatoms. The van der Waals surface area contributed by atoms with E-state index in [9.17, 15) is 0 Å². The Morgan fingerprint density at radius 1 is 0.412 bits per heavy atom. The summed E-state index contributed by atoms with van der Waals surface area (Å²) in [6.07, 6.45) is 2.38. The van der Waals surface area contributed by atoms with Crippen molar-refractivity contribution in [2.75, 3.05) is 0 Å². The Kier molecular flexibility index (Phi) is 56.9. The van der Waals surface area contributed by atoms with Crippen LogP contribution in [0.5, 0.6) is 0 Å². The molecule has 0 aliphatic heterocycles. The van der Waals surface area contributed by atoms with E-state index in [1.807, 2.05) is 55.4 Å². The Hall–Kier alpha value is -1.56. The molecule has 0 saturated heterocycles. The Bertz CT molecular complexity index is 469. The molecule has 0 fully saturated rings. The van der Waals surface area contributed by atoms with E-state index in [0.29, 0.717) is 10.8 Å². The predicted octanol–water partition coefficient (Wildman–Crippen LogP) is 13.4. The SMILES string of the molecule is C.C.C.C.CC.CC.CC.CC.CCC(C)(C)c1ccccc1.CCC(C)(C)c1ccccc1. The van der Waals surface area contributed by atoms with Gasteiger partial charge in [-0.05, 0) is 34.8 Å². The molecule has 0 saturated carbocycles. The van der Waals surface area contributed by atoms with Crippen LogP contribution in [0.2, 0.25) is 0 Å². The van der Waals surface area contributed by atoms with Gasteiger partial charge in [-0.25, -0.2) is 0 Å². The second-order valence-electron chi connectivity index (χ2n) is 7.21. The van der Waals surface area contributed by atoms with Crippen molar-refractivity contribution in [2.45, 2.75) is 150 Å². The van der Waals surface area contributed by atoms with Crippen LogP contribution in [0, 0.1) is 0 Å². The van der Waals surface area contributed by atoms with Crippen molar-refractivity contribution in [3.05, 3.63) is 71.8 Å². The highest BCUT2D eigenvalue weighted by Gasteiger charge is 2.17. The minimum atomic E-state index is 0. The van der Waals surface area contributed by atoms with Crippen LogP contribution >= 0.6 is 0 Å². The van der Waals surface area contributed by atoms with E-state index in [2.05, 4.69) is 102 Å². The molecule has 0 aliphatic rings. The number of benzene rings is 2. The molecule has 0 nitrogen and oxygen atoms in total. The zero-order chi connectivity index (χ0) is 24.6. The van der Waals surface area contributed by atoms with Gasteiger partial charge in [-0.1, -0.05) is 187 Å². The van der Waals surface area contributed by atoms with Crippen molar-refractivity contribution in [1.82, 2.24) is 0 Å². The summed E-state index contributed by atoms with van der Waals surface area (Å²) in [5.41, 5.74) is 3.53. The second-order valence-corrected chi connectivity index (χ2v) is 7.21. The van der Waals surface area contributed by atoms with Gasteiger partial charge in [0.25, 0.3) is 0 Å². The van der Waals surface area contributed by atoms with Crippen LogP contribution in [0.25, 0.3) is 0 Å². The maximum Gasteiger partial charge on any atom is -0.0106 e. The van der Waals surface area contributed by atoms with Gasteiger partial charge in [0.05, 0.1) is 0 Å². The average molecular weight is 481 g/mol. The van der Waals surface area contributed by atoms with Crippen LogP contribution in [0.1, 0.15) is 151 Å². The zero-order valence-corrected chi connectivity index (χ0v) is 23.2. The lowest BCUT2D eigenvalue weighted by molar-refractivity contribution is 0.506. The van der Waals surface area contributed by atoms with Gasteiger partial charge in [-0.15, -0.1) is 0 Å². The first-order valence-corrected chi connectivity index (χ1v) is 12.4. The molecule has 0 bridgehead atoms. The van der Waals surface area contributed by atoms with Crippen molar-refractivity contribution in [3.63, 3.8) is 0 Å². The van der Waals surface area contributed by atoms with E-state index >= 15 is 0 Å². The molecule has 34 heavy (non-hydrogen) atoms. The standard InChI is InChI=1S/2C11H16.4C2H6.4CH4/c2*1-4-11(2,3)10-8-6-5-7-9-10;4*1-2;;;;/h2*5-9H,4H2,1-3H3;4*1-2H3;4*1H4. The van der Waals surface area contributed by atoms with Gasteiger partial charge in [-0.3, -0.25) is 0 Å². The molecular weight excluding hydrogens is 408 g/mol. The van der Waals surface area contributed by atoms with Crippen molar-refractivity contribution < 1.29 is 0 Å². The van der Waals surface area contributed by atoms with Crippen LogP contribution in [-0.2, 0) is 10.8 Å². The summed E-state index contributed by atoms with van der Waals surface area (Å²) in [5, 5.41) is 0. The van der Waals surface area contributed by atoms with E-state index in [-0.39, 0.29) is 29.7 Å². The zero-order valence-electron chi connectivity index (χ0n) is 23.2. The lowest BCUT2D eigenvalue weighted by atomic mass is 9.82. The summed E-state index contributed by atoms with van der Waals surface area (Å²) in [6.45, 7) is 29.6. The maximum absolute atomic E-state index is 2.28. The second kappa shape index (κ2) is 36.0. The average Bonchev–Trinajstić information content (AvgIpc) is 2.85. The molecular formula is C34H72. The van der Waals surface area contributed by atoms with Gasteiger partial charge in [0.15, 0.2) is 0 Å². The van der Waals surface area contributed by atoms with Gasteiger partial charge >= 0.3 is 0 Å². The highest BCUT2D eigenvalue weighted by molar-refractivity contribution is 5.23. The van der Waals surface area contributed by atoms with Crippen LogP contribution in [0.15, 0.2) is 60.7 Å². The number of rotatable bonds is 4. The van der Waals surface area contributed by atoms with E-state index in [4.69, 9.17) is 0 Å². The van der Waals surface area contributed by atoms with Crippen molar-refractivity contribution in [1.29, 1.82) is 0 Å². The molecule has 0 N–H and O–H groups in total. The Balaban J connectivity index is -0.0000000469. The Morgan fingerprint density at radius 3 is 0.735 bits per heavy atom. The summed E-state index contributed by atoms with van der Waals surface area (Å²) in [6, 6.07) is 21.3. The van der Waals surface area contributed by atoms with Gasteiger partial charge in [0.1, 0.15) is 0 Å². The molecule has 2 aromatic carbocycles. The van der Waals surface area contributed by atoms with Crippen LogP contribution in [0.4, 0.5) is 0 Å². The lowest BCUT2D eigenvalue weighted by Gasteiger charge is -2.22. The molecule has 0 amide bonds. The summed E-state index contributed by atoms with van der Waals surface area (Å²) < 4.78 is 0. The minimum absolute atomic E-state index is 0. The van der Waals surface area contributed by atoms with Crippen LogP contribution < -0.4 is 0 Å². The van der Waals surface area contributed by atoms with Crippen molar-refractivity contribution >= 4 is 0 Å². The minimum Gasteiger partial charge on any atom is -0.0776 e. The molecule has 208 valence electrons. The molecule has 0 spiro atoms. The highest BCUT2D eigenvalue weighted by atomic mass is 14.2. The van der Waals surface area contributed by atoms with E-state index in [1.165, 1.54) is 24.0 Å².